The molecule has 2 fully saturated rings. The lowest BCUT2D eigenvalue weighted by Gasteiger charge is -2.25. The molecule has 1 aromatic heterocycles. The molecule has 1 atom stereocenters. The third-order valence-electron chi connectivity index (χ3n) is 7.09. The SMILES string of the molecule is Cc1cc(Br)ccc1C(=O)N1CC2(CC2)C[C@@H]1C(=O)Nc1ccc2oc3ccccc3c2c1. The fourth-order valence-electron chi connectivity index (χ4n) is 5.09. The molecule has 6 rings (SSSR count). The highest BCUT2D eigenvalue weighted by Gasteiger charge is 2.55. The maximum absolute atomic E-state index is 13.5. The van der Waals surface area contributed by atoms with Crippen LogP contribution in [-0.2, 0) is 4.79 Å². The monoisotopic (exact) mass is 502 g/mol. The van der Waals surface area contributed by atoms with Crippen molar-refractivity contribution >= 4 is 55.4 Å². The Morgan fingerprint density at radius 3 is 2.61 bits per heavy atom. The van der Waals surface area contributed by atoms with Gasteiger partial charge in [-0.2, -0.15) is 0 Å². The molecule has 1 aliphatic carbocycles. The number of benzene rings is 3. The molecule has 4 aromatic rings. The number of rotatable bonds is 3. The largest absolute Gasteiger partial charge is 0.456 e. The maximum atomic E-state index is 13.5. The van der Waals surface area contributed by atoms with E-state index in [2.05, 4.69) is 21.2 Å². The first-order valence-electron chi connectivity index (χ1n) is 11.2. The number of likely N-dealkylation sites (tertiary alicyclic amines) is 1. The number of carbonyl (C=O) groups is 2. The number of anilines is 1. The number of carbonyl (C=O) groups excluding carboxylic acids is 2. The Balaban J connectivity index is 1.29. The van der Waals surface area contributed by atoms with Crippen molar-refractivity contribution in [1.82, 2.24) is 4.90 Å². The van der Waals surface area contributed by atoms with Crippen LogP contribution in [0.1, 0.15) is 35.2 Å². The van der Waals surface area contributed by atoms with Crippen LogP contribution in [0.4, 0.5) is 5.69 Å². The highest BCUT2D eigenvalue weighted by atomic mass is 79.9. The molecule has 2 amide bonds. The summed E-state index contributed by atoms with van der Waals surface area (Å²) in [6, 6.07) is 18.8. The molecule has 33 heavy (non-hydrogen) atoms. The molecular formula is C27H23BrN2O3. The number of halogens is 1. The summed E-state index contributed by atoms with van der Waals surface area (Å²) in [5, 5.41) is 5.06. The molecule has 1 saturated heterocycles. The van der Waals surface area contributed by atoms with E-state index in [4.69, 9.17) is 4.42 Å². The first-order chi connectivity index (χ1) is 15.9. The number of aryl methyl sites for hydroxylation is 1. The molecule has 5 nitrogen and oxygen atoms in total. The first-order valence-corrected chi connectivity index (χ1v) is 12.0. The minimum absolute atomic E-state index is 0.0693. The maximum Gasteiger partial charge on any atom is 0.254 e. The Labute approximate surface area is 199 Å². The Bertz CT molecular complexity index is 1440. The molecule has 1 N–H and O–H groups in total. The van der Waals surface area contributed by atoms with Gasteiger partial charge in [0.25, 0.3) is 5.91 Å². The highest BCUT2D eigenvalue weighted by molar-refractivity contribution is 9.10. The Hall–Kier alpha value is -3.12. The first kappa shape index (κ1) is 20.5. The van der Waals surface area contributed by atoms with Crippen LogP contribution < -0.4 is 5.32 Å². The van der Waals surface area contributed by atoms with Gasteiger partial charge in [-0.15, -0.1) is 0 Å². The Kier molecular flexibility index (Phi) is 4.63. The Morgan fingerprint density at radius 2 is 1.82 bits per heavy atom. The van der Waals surface area contributed by atoms with E-state index in [0.717, 1.165) is 51.2 Å². The van der Waals surface area contributed by atoms with Gasteiger partial charge < -0.3 is 14.6 Å². The summed E-state index contributed by atoms with van der Waals surface area (Å²) < 4.78 is 6.83. The van der Waals surface area contributed by atoms with Crippen molar-refractivity contribution in [2.45, 2.75) is 32.2 Å². The number of hydrogen-bond acceptors (Lipinski definition) is 3. The summed E-state index contributed by atoms with van der Waals surface area (Å²) in [6.45, 7) is 2.57. The van der Waals surface area contributed by atoms with E-state index in [1.54, 1.807) is 4.90 Å². The lowest BCUT2D eigenvalue weighted by atomic mass is 10.0. The second kappa shape index (κ2) is 7.45. The van der Waals surface area contributed by atoms with Crippen LogP contribution in [0.3, 0.4) is 0 Å². The van der Waals surface area contributed by atoms with Gasteiger partial charge in [0.1, 0.15) is 17.2 Å². The molecule has 2 heterocycles. The van der Waals surface area contributed by atoms with Crippen molar-refractivity contribution in [1.29, 1.82) is 0 Å². The van der Waals surface area contributed by atoms with Crippen LogP contribution in [0.15, 0.2) is 69.6 Å². The predicted molar refractivity (Wildman–Crippen MR) is 132 cm³/mol. The number of para-hydroxylation sites is 1. The molecule has 166 valence electrons. The lowest BCUT2D eigenvalue weighted by Crippen LogP contribution is -2.43. The molecule has 0 unspecified atom stereocenters. The van der Waals surface area contributed by atoms with E-state index in [-0.39, 0.29) is 17.2 Å². The average molecular weight is 503 g/mol. The molecule has 6 heteroatoms. The number of amides is 2. The van der Waals surface area contributed by atoms with Crippen molar-refractivity contribution in [2.24, 2.45) is 5.41 Å². The molecule has 2 aliphatic rings. The van der Waals surface area contributed by atoms with Crippen molar-refractivity contribution in [3.63, 3.8) is 0 Å². The van der Waals surface area contributed by atoms with E-state index in [0.29, 0.717) is 17.8 Å². The molecule has 1 spiro atoms. The van der Waals surface area contributed by atoms with Gasteiger partial charge in [0, 0.05) is 33.0 Å². The van der Waals surface area contributed by atoms with Crippen molar-refractivity contribution in [3.8, 4) is 0 Å². The predicted octanol–water partition coefficient (Wildman–Crippen LogP) is 6.29. The molecule has 0 radical (unpaired) electrons. The summed E-state index contributed by atoms with van der Waals surface area (Å²) in [5.74, 6) is -0.200. The standard InChI is InChI=1S/C27H23BrN2O3/c1-16-12-17(28)6-8-19(16)26(32)30-15-27(10-11-27)14-22(30)25(31)29-18-7-9-24-21(13-18)20-4-2-3-5-23(20)33-24/h2-9,12-13,22H,10-11,14-15H2,1H3,(H,29,31)/t22-/m1/s1. The fourth-order valence-corrected chi connectivity index (χ4v) is 5.57. The third-order valence-corrected chi connectivity index (χ3v) is 7.59. The van der Waals surface area contributed by atoms with Crippen molar-refractivity contribution in [3.05, 3.63) is 76.3 Å². The van der Waals surface area contributed by atoms with Gasteiger partial charge in [0.15, 0.2) is 0 Å². The second-order valence-electron chi connectivity index (χ2n) is 9.41. The summed E-state index contributed by atoms with van der Waals surface area (Å²) in [7, 11) is 0. The van der Waals surface area contributed by atoms with Gasteiger partial charge in [0.05, 0.1) is 0 Å². The molecule has 3 aromatic carbocycles. The molecule has 1 aliphatic heterocycles. The summed E-state index contributed by atoms with van der Waals surface area (Å²) in [6.07, 6.45) is 2.87. The number of nitrogens with one attached hydrogen (secondary N) is 1. The number of fused-ring (bicyclic) bond motifs is 3. The van der Waals surface area contributed by atoms with Crippen LogP contribution >= 0.6 is 15.9 Å². The van der Waals surface area contributed by atoms with Crippen LogP contribution in [0.2, 0.25) is 0 Å². The quantitative estimate of drug-likeness (QED) is 0.358. The zero-order valence-electron chi connectivity index (χ0n) is 18.2. The van der Waals surface area contributed by atoms with Crippen molar-refractivity contribution < 1.29 is 14.0 Å². The zero-order chi connectivity index (χ0) is 22.7. The van der Waals surface area contributed by atoms with Crippen LogP contribution in [0.5, 0.6) is 0 Å². The normalized spacial score (nSPS) is 18.8. The number of hydrogen-bond donors (Lipinski definition) is 1. The topological polar surface area (TPSA) is 62.6 Å². The van der Waals surface area contributed by atoms with E-state index in [1.807, 2.05) is 67.6 Å². The summed E-state index contributed by atoms with van der Waals surface area (Å²) in [5.41, 5.74) is 3.98. The summed E-state index contributed by atoms with van der Waals surface area (Å²) in [4.78, 5) is 28.7. The smallest absolute Gasteiger partial charge is 0.254 e. The number of nitrogens with zero attached hydrogens (tertiary/aromatic N) is 1. The minimum atomic E-state index is -0.472. The van der Waals surface area contributed by atoms with E-state index < -0.39 is 6.04 Å². The van der Waals surface area contributed by atoms with E-state index in [9.17, 15) is 9.59 Å². The van der Waals surface area contributed by atoms with Gasteiger partial charge in [0.2, 0.25) is 5.91 Å². The van der Waals surface area contributed by atoms with Crippen LogP contribution in [0, 0.1) is 12.3 Å². The average Bonchev–Trinajstić information content (AvgIpc) is 3.29. The fraction of sp³-hybridized carbons (Fsp3) is 0.259. The van der Waals surface area contributed by atoms with E-state index in [1.165, 1.54) is 0 Å². The van der Waals surface area contributed by atoms with Gasteiger partial charge in [-0.3, -0.25) is 9.59 Å². The third kappa shape index (κ3) is 3.53. The van der Waals surface area contributed by atoms with Gasteiger partial charge in [-0.25, -0.2) is 0 Å². The number of furan rings is 1. The van der Waals surface area contributed by atoms with Crippen molar-refractivity contribution in [2.75, 3.05) is 11.9 Å². The van der Waals surface area contributed by atoms with Crippen LogP contribution in [-0.4, -0.2) is 29.3 Å². The molecule has 1 saturated carbocycles. The van der Waals surface area contributed by atoms with Gasteiger partial charge in [-0.1, -0.05) is 34.1 Å². The Morgan fingerprint density at radius 1 is 1.03 bits per heavy atom. The molecule has 0 bridgehead atoms. The molecular weight excluding hydrogens is 480 g/mol. The van der Waals surface area contributed by atoms with Gasteiger partial charge in [-0.05, 0) is 79.6 Å². The van der Waals surface area contributed by atoms with Crippen LogP contribution in [0.25, 0.3) is 21.9 Å². The van der Waals surface area contributed by atoms with Gasteiger partial charge >= 0.3 is 0 Å². The second-order valence-corrected chi connectivity index (χ2v) is 10.3. The lowest BCUT2D eigenvalue weighted by molar-refractivity contribution is -0.119. The van der Waals surface area contributed by atoms with E-state index >= 15 is 0 Å². The minimum Gasteiger partial charge on any atom is -0.456 e. The zero-order valence-corrected chi connectivity index (χ0v) is 19.8. The highest BCUT2D eigenvalue weighted by Crippen LogP contribution is 2.55. The summed E-state index contributed by atoms with van der Waals surface area (Å²) >= 11 is 3.46.